The van der Waals surface area contributed by atoms with Crippen molar-refractivity contribution in [2.24, 2.45) is 50.6 Å². The van der Waals surface area contributed by atoms with Crippen LogP contribution >= 0.6 is 96.3 Å². The predicted octanol–water partition coefficient (Wildman–Crippen LogP) is 6.06. The Morgan fingerprint density at radius 2 is 1.11 bits per heavy atom. The zero-order valence-electron chi connectivity index (χ0n) is 57.2. The number of thiophene rings is 3. The highest BCUT2D eigenvalue weighted by molar-refractivity contribution is 9.10. The lowest BCUT2D eigenvalue weighted by Crippen LogP contribution is -2.36. The molecule has 32 nitrogen and oxygen atoms in total. The Balaban J connectivity index is 0.000000176. The monoisotopic (exact) mass is 1770 g/mol. The van der Waals surface area contributed by atoms with Crippen LogP contribution in [-0.4, -0.2) is 171 Å². The van der Waals surface area contributed by atoms with Crippen molar-refractivity contribution in [3.63, 3.8) is 0 Å². The largest absolute Gasteiger partial charge is 0.393 e. The van der Waals surface area contributed by atoms with Crippen LogP contribution < -0.4 is 37.5 Å². The molecule has 3 aliphatic carbocycles. The maximum Gasteiger partial charge on any atom is 0.333 e. The summed E-state index contributed by atoms with van der Waals surface area (Å²) in [5.74, 6) is -3.06. The number of hydrogen-bond donors (Lipinski definition) is 13. The summed E-state index contributed by atoms with van der Waals surface area (Å²) in [6.45, 7) is 0.815. The fourth-order valence-electron chi connectivity index (χ4n) is 12.6. The molecule has 12 rings (SSSR count). The second kappa shape index (κ2) is 36.7. The van der Waals surface area contributed by atoms with E-state index in [1.165, 1.54) is 55.0 Å². The molecule has 588 valence electrons. The SMILES string of the molecule is CC(N)(c1cccc(Cl)c1)c1csc(C(=O)c2cncnc2N[C@@H]2C[C@H](COS(N)(=O)=O)[C@@H](O)[C@H]2O)c1.NC(c1cccc(Br)n1)c1cc(C(=O)c2cncnc2C[C@@H]2C[C@H](COS(N)(=O)=O)[C@@H](O)[C@H]2O)sc1Cl.NS(=O)(=O)OC[C@H]1C[C@@H](Nc2ncncc2C(=O)c2cc(C(O)c3cccc(Cl)c3)c(Cl)s2)C[C@@H]1O. The number of pyridine rings is 1. The van der Waals surface area contributed by atoms with Gasteiger partial charge in [0, 0.05) is 63.6 Å². The average Bonchev–Trinajstić information content (AvgIpc) is 1.65. The van der Waals surface area contributed by atoms with Gasteiger partial charge in [0.05, 0.1) is 113 Å². The van der Waals surface area contributed by atoms with E-state index in [0.29, 0.717) is 63.2 Å². The molecule has 2 aromatic carbocycles. The quantitative estimate of drug-likeness (QED) is 0.0205. The van der Waals surface area contributed by atoms with E-state index in [1.54, 1.807) is 78.2 Å². The van der Waals surface area contributed by atoms with Gasteiger partial charge in [-0.05, 0) is 138 Å². The molecule has 0 radical (unpaired) electrons. The number of carbonyl (C=O) groups excluding carboxylic acids is 3. The minimum absolute atomic E-state index is 0.140. The summed E-state index contributed by atoms with van der Waals surface area (Å²) in [5, 5.41) is 86.3. The fourth-order valence-corrected chi connectivity index (χ4v) is 18.0. The number of hydrogen-bond acceptors (Lipinski definition) is 32. The van der Waals surface area contributed by atoms with Crippen molar-refractivity contribution in [3.8, 4) is 0 Å². The summed E-state index contributed by atoms with van der Waals surface area (Å²) < 4.78 is 81.5. The Morgan fingerprint density at radius 3 is 1.71 bits per heavy atom. The van der Waals surface area contributed by atoms with Gasteiger partial charge in [0.1, 0.15) is 47.4 Å². The lowest BCUT2D eigenvalue weighted by atomic mass is 9.87. The summed E-state index contributed by atoms with van der Waals surface area (Å²) in [4.78, 5) is 70.0. The molecule has 0 amide bonds. The second-order valence-electron chi connectivity index (χ2n) is 26.0. The molecule has 7 heterocycles. The van der Waals surface area contributed by atoms with Gasteiger partial charge in [-0.1, -0.05) is 76.7 Å². The van der Waals surface area contributed by atoms with Crippen LogP contribution in [0.2, 0.25) is 18.7 Å². The van der Waals surface area contributed by atoms with E-state index in [0.717, 1.165) is 33.8 Å². The highest BCUT2D eigenvalue weighted by Gasteiger charge is 2.45. The van der Waals surface area contributed by atoms with Gasteiger partial charge in [0.2, 0.25) is 17.3 Å². The third-order valence-electron chi connectivity index (χ3n) is 18.4. The summed E-state index contributed by atoms with van der Waals surface area (Å²) >= 11 is 31.6. The number of anilines is 2. The number of nitrogens with one attached hydrogen (secondary N) is 2. The van der Waals surface area contributed by atoms with Crippen LogP contribution in [0.25, 0.3) is 0 Å². The molecule has 7 aromatic heterocycles. The molecule has 43 heteroatoms. The van der Waals surface area contributed by atoms with E-state index in [4.69, 9.17) is 73.3 Å². The van der Waals surface area contributed by atoms with E-state index in [2.05, 4.69) is 74.0 Å². The van der Waals surface area contributed by atoms with Gasteiger partial charge >= 0.3 is 30.9 Å². The van der Waals surface area contributed by atoms with E-state index in [1.807, 2.05) is 13.0 Å². The Labute approximate surface area is 670 Å². The number of halogens is 5. The number of aliphatic hydroxyl groups excluding tert-OH is 6. The van der Waals surface area contributed by atoms with Crippen molar-refractivity contribution in [1.82, 2.24) is 34.9 Å². The van der Waals surface area contributed by atoms with Gasteiger partial charge in [-0.2, -0.15) is 25.3 Å². The number of carbonyl (C=O) groups is 3. The number of aliphatic hydroxyl groups is 6. The third kappa shape index (κ3) is 22.1. The molecule has 0 bridgehead atoms. The first-order chi connectivity index (χ1) is 51.8. The zero-order valence-corrected chi connectivity index (χ0v) is 66.7. The topological polar surface area (TPSA) is 547 Å². The smallest absolute Gasteiger partial charge is 0.333 e. The Kier molecular flexibility index (Phi) is 28.7. The minimum atomic E-state index is -4.20. The molecular weight excluding hydrogens is 1700 g/mol. The Hall–Kier alpha value is -6.53. The summed E-state index contributed by atoms with van der Waals surface area (Å²) in [5.41, 5.74) is 16.5. The van der Waals surface area contributed by atoms with E-state index in [-0.39, 0.29) is 94.0 Å². The van der Waals surface area contributed by atoms with Gasteiger partial charge in [-0.15, -0.1) is 34.0 Å². The highest BCUT2D eigenvalue weighted by Crippen LogP contribution is 2.41. The maximum absolute atomic E-state index is 13.4. The first-order valence-electron chi connectivity index (χ1n) is 32.8. The van der Waals surface area contributed by atoms with Gasteiger partial charge in [0.25, 0.3) is 0 Å². The van der Waals surface area contributed by atoms with Crippen molar-refractivity contribution in [3.05, 3.63) is 222 Å². The molecule has 3 fully saturated rings. The summed E-state index contributed by atoms with van der Waals surface area (Å²) in [6, 6.07) is 22.4. The van der Waals surface area contributed by atoms with Crippen molar-refractivity contribution in [2.75, 3.05) is 30.5 Å². The summed E-state index contributed by atoms with van der Waals surface area (Å²) in [6.07, 6.45) is 2.26. The molecular formula is C67H71BrCl4N14O18S6. The van der Waals surface area contributed by atoms with Crippen LogP contribution in [0.5, 0.6) is 0 Å². The van der Waals surface area contributed by atoms with Crippen LogP contribution in [0.3, 0.4) is 0 Å². The fraction of sp³-hybridized carbons (Fsp3) is 0.343. The van der Waals surface area contributed by atoms with Gasteiger partial charge < -0.3 is 52.7 Å². The van der Waals surface area contributed by atoms with Gasteiger partial charge in [-0.25, -0.2) is 50.3 Å². The third-order valence-corrected chi connectivity index (χ3v) is 24.4. The van der Waals surface area contributed by atoms with Crippen LogP contribution in [-0.2, 0) is 55.4 Å². The van der Waals surface area contributed by atoms with Crippen LogP contribution in [0.4, 0.5) is 11.6 Å². The number of aromatic nitrogens is 7. The standard InChI is InChI=1S/C23H26ClN5O6S2.C22H23BrClN5O6S2.C22H22Cl2N4O6S2/c1-23(25,13-3-2-4-15(24)6-13)14-7-18(36-10-14)20(31)16-8-27-11-28-22(16)29-17-5-12(19(30)21(17)32)9-35-37(26,33)34;23-17-3-1-2-14(29-17)18(25)12-6-16(36-22(12)24)21(32)13-7-27-9-28-15(13)5-10-4-11(20(31)19(10)30)8-35-37(26,33)34;23-13-3-1-2-11(4-13)19(30)15-7-18(35-21(15)24)20(31)16-8-26-10-27-22(16)28-14-5-12(17(29)6-14)9-34-36(25,32)33/h2-4,6-8,10-12,17,19,21,30,32H,5,9,25H2,1H3,(H2,26,33,34)(H,27,28,29);1-3,6-7,9-11,18-20,30-31H,4-5,8,25H2,(H2,26,33,34);1-4,7-8,10,12,14,17,19,29-30H,5-6,9H2,(H2,25,32,33)(H,26,27,28)/t12-,17-,19-,21+,23?;10-,11+,18?,19-,20+;12-,14-,17+,19?/m101/s1. The van der Waals surface area contributed by atoms with Crippen molar-refractivity contribution in [1.29, 1.82) is 0 Å². The number of benzene rings is 2. The van der Waals surface area contributed by atoms with E-state index < -0.39 is 121 Å². The Morgan fingerprint density at radius 1 is 0.600 bits per heavy atom. The van der Waals surface area contributed by atoms with E-state index in [9.17, 15) is 70.3 Å². The van der Waals surface area contributed by atoms with Crippen LogP contribution in [0.15, 0.2) is 132 Å². The minimum Gasteiger partial charge on any atom is -0.393 e. The van der Waals surface area contributed by atoms with E-state index >= 15 is 0 Å². The molecule has 0 aliphatic heterocycles. The molecule has 3 aliphatic rings. The maximum atomic E-state index is 13.4. The lowest BCUT2D eigenvalue weighted by Gasteiger charge is -2.24. The molecule has 0 spiro atoms. The average molecular weight is 1770 g/mol. The molecule has 3 unspecified atom stereocenters. The molecule has 14 atom stereocenters. The molecule has 18 N–H and O–H groups in total. The second-order valence-corrected chi connectivity index (χ2v) is 35.6. The molecule has 110 heavy (non-hydrogen) atoms. The van der Waals surface area contributed by atoms with Gasteiger partial charge in [0.15, 0.2) is 0 Å². The molecule has 3 saturated carbocycles. The van der Waals surface area contributed by atoms with Crippen LogP contribution in [0.1, 0.15) is 130 Å². The predicted molar refractivity (Wildman–Crippen MR) is 413 cm³/mol. The summed E-state index contributed by atoms with van der Waals surface area (Å²) in [7, 11) is -12.5. The van der Waals surface area contributed by atoms with Crippen LogP contribution in [0, 0.1) is 23.7 Å². The number of nitrogens with zero attached hydrogens (tertiary/aromatic N) is 7. The normalized spacial score (nSPS) is 22.4. The number of ketones is 3. The first-order valence-corrected chi connectivity index (χ1v) is 42.1. The molecule has 0 saturated heterocycles. The van der Waals surface area contributed by atoms with Crippen molar-refractivity contribution >= 4 is 156 Å². The lowest BCUT2D eigenvalue weighted by molar-refractivity contribution is -0.00334. The Bertz CT molecular complexity index is 5180. The first kappa shape index (κ1) is 85.9. The zero-order chi connectivity index (χ0) is 79.9. The van der Waals surface area contributed by atoms with Crippen molar-refractivity contribution < 1.29 is 82.8 Å². The highest BCUT2D eigenvalue weighted by atomic mass is 79.9. The molecule has 9 aromatic rings. The van der Waals surface area contributed by atoms with Crippen molar-refractivity contribution in [2.45, 2.75) is 99.3 Å². The van der Waals surface area contributed by atoms with Gasteiger partial charge in [-0.3, -0.25) is 26.9 Å². The number of nitrogens with two attached hydrogens (primary N) is 5. The number of rotatable bonds is 27.